The van der Waals surface area contributed by atoms with Crippen LogP contribution >= 0.6 is 11.6 Å². The number of hydrogen-bond acceptors (Lipinski definition) is 4. The minimum Gasteiger partial charge on any atom is -0.420 e. The number of aromatic nitrogens is 2. The van der Waals surface area contributed by atoms with Gasteiger partial charge in [-0.05, 0) is 36.4 Å². The van der Waals surface area contributed by atoms with E-state index in [0.29, 0.717) is 16.8 Å². The van der Waals surface area contributed by atoms with Gasteiger partial charge in [0.1, 0.15) is 5.75 Å². The molecule has 0 saturated heterocycles. The zero-order valence-electron chi connectivity index (χ0n) is 14.5. The third-order valence-corrected chi connectivity index (χ3v) is 3.84. The Labute approximate surface area is 163 Å². The van der Waals surface area contributed by atoms with Gasteiger partial charge in [-0.15, -0.1) is 8.78 Å². The normalized spacial score (nSPS) is 11.1. The molecule has 9 heteroatoms. The lowest BCUT2D eigenvalue weighted by molar-refractivity contribution is -0.0964. The van der Waals surface area contributed by atoms with E-state index in [1.54, 1.807) is 18.3 Å². The lowest BCUT2D eigenvalue weighted by Gasteiger charge is -2.12. The topological polar surface area (TPSA) is 73.2 Å². The van der Waals surface area contributed by atoms with Crippen LogP contribution in [0.2, 0.25) is 0 Å². The maximum atomic E-state index is 12.6. The summed E-state index contributed by atoms with van der Waals surface area (Å²) < 4.78 is 30.8. The molecule has 0 bridgehead atoms. The largest absolute Gasteiger partial charge is 0.487 e. The SMILES string of the molecule is Cn1cc(C(=O)Nc2ccc(OC(F)(F)Cl)cc2)cc(-c2cccnc2)c1=O. The number of nitrogens with one attached hydrogen (secondary N) is 1. The number of aryl methyl sites for hydroxylation is 1. The van der Waals surface area contributed by atoms with Crippen molar-refractivity contribution in [1.82, 2.24) is 9.55 Å². The third-order valence-electron chi connectivity index (χ3n) is 3.76. The van der Waals surface area contributed by atoms with Gasteiger partial charge in [-0.2, -0.15) is 0 Å². The van der Waals surface area contributed by atoms with E-state index in [1.807, 2.05) is 0 Å². The Bertz CT molecular complexity index is 1050. The second-order valence-corrected chi connectivity index (χ2v) is 6.27. The van der Waals surface area contributed by atoms with Crippen LogP contribution in [0, 0.1) is 0 Å². The van der Waals surface area contributed by atoms with E-state index < -0.39 is 11.5 Å². The van der Waals surface area contributed by atoms with Crippen molar-refractivity contribution in [2.24, 2.45) is 7.05 Å². The molecule has 1 aromatic carbocycles. The Kier molecular flexibility index (Phi) is 5.41. The highest BCUT2D eigenvalue weighted by atomic mass is 35.5. The molecule has 144 valence electrons. The lowest BCUT2D eigenvalue weighted by atomic mass is 10.1. The Morgan fingerprint density at radius 3 is 2.57 bits per heavy atom. The van der Waals surface area contributed by atoms with Gasteiger partial charge in [0.2, 0.25) is 0 Å². The number of benzene rings is 1. The van der Waals surface area contributed by atoms with Gasteiger partial charge in [0, 0.05) is 54.1 Å². The summed E-state index contributed by atoms with van der Waals surface area (Å²) in [5.74, 6) is -0.629. The highest BCUT2D eigenvalue weighted by molar-refractivity contribution is 6.20. The second-order valence-electron chi connectivity index (χ2n) is 5.83. The van der Waals surface area contributed by atoms with Crippen LogP contribution in [0.5, 0.6) is 5.75 Å². The van der Waals surface area contributed by atoms with Crippen molar-refractivity contribution < 1.29 is 18.3 Å². The fourth-order valence-electron chi connectivity index (χ4n) is 2.51. The van der Waals surface area contributed by atoms with Crippen molar-refractivity contribution in [3.8, 4) is 16.9 Å². The average molecular weight is 406 g/mol. The van der Waals surface area contributed by atoms with E-state index in [0.717, 1.165) is 0 Å². The summed E-state index contributed by atoms with van der Waals surface area (Å²) in [7, 11) is 1.54. The Morgan fingerprint density at radius 2 is 1.96 bits per heavy atom. The predicted molar refractivity (Wildman–Crippen MR) is 101 cm³/mol. The predicted octanol–water partition coefficient (Wildman–Crippen LogP) is 3.87. The number of ether oxygens (including phenoxy) is 1. The molecule has 2 aromatic heterocycles. The van der Waals surface area contributed by atoms with Crippen LogP contribution in [0.15, 0.2) is 65.8 Å². The van der Waals surface area contributed by atoms with Crippen molar-refractivity contribution in [3.63, 3.8) is 0 Å². The molecule has 0 saturated carbocycles. The van der Waals surface area contributed by atoms with Crippen LogP contribution in [0.4, 0.5) is 14.5 Å². The number of anilines is 1. The Balaban J connectivity index is 1.83. The molecule has 0 unspecified atom stereocenters. The summed E-state index contributed by atoms with van der Waals surface area (Å²) in [6.45, 7) is 0. The van der Waals surface area contributed by atoms with Gasteiger partial charge in [0.25, 0.3) is 11.5 Å². The maximum Gasteiger partial charge on any atom is 0.487 e. The third kappa shape index (κ3) is 4.72. The van der Waals surface area contributed by atoms with Gasteiger partial charge < -0.3 is 14.6 Å². The summed E-state index contributed by atoms with van der Waals surface area (Å²) in [6.07, 6.45) is 4.52. The number of hydrogen-bond donors (Lipinski definition) is 1. The summed E-state index contributed by atoms with van der Waals surface area (Å²) in [5.41, 5.74) is -2.58. The van der Waals surface area contributed by atoms with Gasteiger partial charge in [-0.1, -0.05) is 6.07 Å². The summed E-state index contributed by atoms with van der Waals surface area (Å²) >= 11 is 4.71. The maximum absolute atomic E-state index is 12.6. The molecule has 6 nitrogen and oxygen atoms in total. The smallest absolute Gasteiger partial charge is 0.420 e. The summed E-state index contributed by atoms with van der Waals surface area (Å²) in [4.78, 5) is 28.9. The van der Waals surface area contributed by atoms with Crippen molar-refractivity contribution >= 4 is 23.2 Å². The molecule has 3 rings (SSSR count). The summed E-state index contributed by atoms with van der Waals surface area (Å²) in [5, 5.41) is 2.63. The van der Waals surface area contributed by atoms with Crippen molar-refractivity contribution in [1.29, 1.82) is 0 Å². The van der Waals surface area contributed by atoms with Crippen molar-refractivity contribution in [2.75, 3.05) is 5.32 Å². The zero-order chi connectivity index (χ0) is 20.3. The first-order valence-electron chi connectivity index (χ1n) is 8.01. The van der Waals surface area contributed by atoms with E-state index in [1.165, 1.54) is 54.3 Å². The van der Waals surface area contributed by atoms with Gasteiger partial charge in [-0.3, -0.25) is 14.6 Å². The standard InChI is InChI=1S/C19H14ClF2N3O3/c1-25-11-13(9-16(18(25)27)12-3-2-8-23-10-12)17(26)24-14-4-6-15(7-5-14)28-19(20,21)22/h2-11H,1H3,(H,24,26). The molecule has 0 fully saturated rings. The van der Waals surface area contributed by atoms with Crippen LogP contribution in [-0.4, -0.2) is 21.0 Å². The van der Waals surface area contributed by atoms with Gasteiger partial charge in [0.15, 0.2) is 0 Å². The van der Waals surface area contributed by atoms with E-state index in [2.05, 4.69) is 15.0 Å². The lowest BCUT2D eigenvalue weighted by Crippen LogP contribution is -2.22. The van der Waals surface area contributed by atoms with Crippen LogP contribution in [-0.2, 0) is 7.05 Å². The number of halogens is 3. The first-order chi connectivity index (χ1) is 13.2. The molecule has 0 radical (unpaired) electrons. The van der Waals surface area contributed by atoms with Crippen LogP contribution in [0.1, 0.15) is 10.4 Å². The monoisotopic (exact) mass is 405 g/mol. The van der Waals surface area contributed by atoms with Gasteiger partial charge >= 0.3 is 5.57 Å². The Hall–Kier alpha value is -3.26. The molecule has 0 atom stereocenters. The van der Waals surface area contributed by atoms with Crippen LogP contribution in [0.3, 0.4) is 0 Å². The quantitative estimate of drug-likeness (QED) is 0.654. The molecular weight excluding hydrogens is 392 g/mol. The van der Waals surface area contributed by atoms with Crippen molar-refractivity contribution in [3.05, 3.63) is 77.0 Å². The highest BCUT2D eigenvalue weighted by Crippen LogP contribution is 2.26. The second kappa shape index (κ2) is 7.77. The molecule has 3 aromatic rings. The Morgan fingerprint density at radius 1 is 1.25 bits per heavy atom. The minimum atomic E-state index is -3.82. The number of nitrogens with zero attached hydrogens (tertiary/aromatic N) is 2. The molecular formula is C19H14ClF2N3O3. The average Bonchev–Trinajstić information content (AvgIpc) is 2.65. The van der Waals surface area contributed by atoms with Crippen LogP contribution < -0.4 is 15.6 Å². The van der Waals surface area contributed by atoms with E-state index in [9.17, 15) is 18.4 Å². The fourth-order valence-corrected chi connectivity index (χ4v) is 2.60. The first kappa shape index (κ1) is 19.5. The molecule has 2 heterocycles. The van der Waals surface area contributed by atoms with Crippen LogP contribution in [0.25, 0.3) is 11.1 Å². The number of alkyl halides is 3. The number of pyridine rings is 2. The number of carbonyl (C=O) groups excluding carboxylic acids is 1. The molecule has 0 spiro atoms. The first-order valence-corrected chi connectivity index (χ1v) is 8.39. The molecule has 28 heavy (non-hydrogen) atoms. The van der Waals surface area contributed by atoms with E-state index in [-0.39, 0.29) is 16.9 Å². The number of rotatable bonds is 5. The molecule has 0 aliphatic rings. The highest BCUT2D eigenvalue weighted by Gasteiger charge is 2.27. The molecule has 1 N–H and O–H groups in total. The van der Waals surface area contributed by atoms with E-state index in [4.69, 9.17) is 11.6 Å². The summed E-state index contributed by atoms with van der Waals surface area (Å²) in [6, 6.07) is 10.1. The number of carbonyl (C=O) groups is 1. The molecule has 1 amide bonds. The van der Waals surface area contributed by atoms with Gasteiger partial charge in [0.05, 0.1) is 5.56 Å². The number of amides is 1. The van der Waals surface area contributed by atoms with E-state index >= 15 is 0 Å². The zero-order valence-corrected chi connectivity index (χ0v) is 15.3. The van der Waals surface area contributed by atoms with Gasteiger partial charge in [-0.25, -0.2) is 0 Å². The minimum absolute atomic E-state index is 0.154. The molecule has 0 aliphatic carbocycles. The molecule has 0 aliphatic heterocycles. The fraction of sp³-hybridized carbons (Fsp3) is 0.105. The van der Waals surface area contributed by atoms with Crippen molar-refractivity contribution in [2.45, 2.75) is 5.57 Å².